The van der Waals surface area contributed by atoms with E-state index in [-0.39, 0.29) is 0 Å². The molecule has 0 amide bonds. The van der Waals surface area contributed by atoms with Crippen LogP contribution in [0.25, 0.3) is 22.4 Å². The second-order valence-corrected chi connectivity index (χ2v) is 6.60. The van der Waals surface area contributed by atoms with Gasteiger partial charge in [-0.1, -0.05) is 24.3 Å². The average molecular weight is 388 g/mol. The Hall–Kier alpha value is -3.38. The van der Waals surface area contributed by atoms with Gasteiger partial charge in [0.2, 0.25) is 0 Å². The third-order valence-electron chi connectivity index (χ3n) is 4.24. The van der Waals surface area contributed by atoms with E-state index < -0.39 is 0 Å². The second-order valence-electron chi connectivity index (χ2n) is 6.19. The number of fused-ring (bicyclic) bond motifs is 1. The van der Waals surface area contributed by atoms with Gasteiger partial charge in [0.05, 0.1) is 23.3 Å². The molecule has 0 radical (unpaired) electrons. The van der Waals surface area contributed by atoms with E-state index in [0.717, 1.165) is 39.5 Å². The van der Waals surface area contributed by atoms with Crippen LogP contribution in [0.5, 0.6) is 5.75 Å². The second kappa shape index (κ2) is 8.10. The predicted octanol–water partition coefficient (Wildman–Crippen LogP) is 5.44. The third kappa shape index (κ3) is 3.97. The van der Waals surface area contributed by atoms with Gasteiger partial charge < -0.3 is 20.4 Å². The zero-order valence-corrected chi connectivity index (χ0v) is 16.2. The molecule has 0 saturated carbocycles. The number of imidazole rings is 1. The molecule has 0 unspecified atom stereocenters. The zero-order valence-electron chi connectivity index (χ0n) is 15.4. The molecule has 0 aliphatic heterocycles. The number of thiocarbonyl (C=S) groups is 1. The summed E-state index contributed by atoms with van der Waals surface area (Å²) in [6.07, 6.45) is 0. The zero-order chi connectivity index (χ0) is 19.3. The number of ether oxygens (including phenoxy) is 1. The summed E-state index contributed by atoms with van der Waals surface area (Å²) in [6, 6.07) is 23.7. The number of H-pyrrole nitrogens is 1. The highest BCUT2D eigenvalue weighted by Gasteiger charge is 2.07. The first-order valence-corrected chi connectivity index (χ1v) is 9.49. The largest absolute Gasteiger partial charge is 0.492 e. The monoisotopic (exact) mass is 388 g/mol. The Morgan fingerprint density at radius 1 is 0.964 bits per heavy atom. The highest BCUT2D eigenvalue weighted by molar-refractivity contribution is 7.80. The number of nitrogens with zero attached hydrogens (tertiary/aromatic N) is 1. The summed E-state index contributed by atoms with van der Waals surface area (Å²) in [5, 5.41) is 6.89. The fraction of sp³-hybridized carbons (Fsp3) is 0.0909. The molecule has 140 valence electrons. The van der Waals surface area contributed by atoms with Crippen LogP contribution in [0.3, 0.4) is 0 Å². The summed E-state index contributed by atoms with van der Waals surface area (Å²) in [5.74, 6) is 1.62. The highest BCUT2D eigenvalue weighted by atomic mass is 32.1. The first-order chi connectivity index (χ1) is 13.7. The lowest BCUT2D eigenvalue weighted by molar-refractivity contribution is 0.342. The van der Waals surface area contributed by atoms with Crippen molar-refractivity contribution >= 4 is 39.7 Å². The normalized spacial score (nSPS) is 10.6. The molecule has 1 heterocycles. The van der Waals surface area contributed by atoms with Crippen molar-refractivity contribution in [2.75, 3.05) is 17.2 Å². The Morgan fingerprint density at radius 2 is 1.71 bits per heavy atom. The predicted molar refractivity (Wildman–Crippen MR) is 119 cm³/mol. The van der Waals surface area contributed by atoms with E-state index in [1.54, 1.807) is 0 Å². The van der Waals surface area contributed by atoms with Gasteiger partial charge in [0.25, 0.3) is 0 Å². The molecule has 0 saturated heterocycles. The average Bonchev–Trinajstić information content (AvgIpc) is 3.14. The van der Waals surface area contributed by atoms with Gasteiger partial charge in [0.15, 0.2) is 5.11 Å². The standard InChI is InChI=1S/C22H20N4OS/c1-2-27-20-10-6-5-9-19(20)26-22(28)23-16-13-11-15(12-14-16)21-24-17-7-3-4-8-18(17)25-21/h3-14H,2H2,1H3,(H,24,25)(H2,23,26,28). The summed E-state index contributed by atoms with van der Waals surface area (Å²) in [6.45, 7) is 2.55. The molecule has 28 heavy (non-hydrogen) atoms. The first kappa shape index (κ1) is 18.0. The lowest BCUT2D eigenvalue weighted by Gasteiger charge is -2.14. The lowest BCUT2D eigenvalue weighted by atomic mass is 10.2. The number of para-hydroxylation sites is 4. The fourth-order valence-corrected chi connectivity index (χ4v) is 3.16. The maximum Gasteiger partial charge on any atom is 0.175 e. The van der Waals surface area contributed by atoms with E-state index >= 15 is 0 Å². The van der Waals surface area contributed by atoms with E-state index in [1.807, 2.05) is 79.7 Å². The number of aromatic amines is 1. The maximum atomic E-state index is 5.62. The highest BCUT2D eigenvalue weighted by Crippen LogP contribution is 2.25. The van der Waals surface area contributed by atoms with Crippen molar-refractivity contribution in [1.82, 2.24) is 9.97 Å². The van der Waals surface area contributed by atoms with E-state index in [2.05, 4.69) is 20.6 Å². The molecule has 6 heteroatoms. The minimum atomic E-state index is 0.503. The van der Waals surface area contributed by atoms with Crippen LogP contribution in [-0.2, 0) is 0 Å². The maximum absolute atomic E-state index is 5.62. The summed E-state index contributed by atoms with van der Waals surface area (Å²) >= 11 is 5.44. The molecule has 4 aromatic rings. The quantitative estimate of drug-likeness (QED) is 0.398. The van der Waals surface area contributed by atoms with Gasteiger partial charge in [-0.2, -0.15) is 0 Å². The van der Waals surface area contributed by atoms with Gasteiger partial charge in [-0.05, 0) is 67.7 Å². The summed E-state index contributed by atoms with van der Waals surface area (Å²) in [5.41, 5.74) is 4.73. The van der Waals surface area contributed by atoms with Crippen LogP contribution in [0.15, 0.2) is 72.8 Å². The SMILES string of the molecule is CCOc1ccccc1NC(=S)Nc1ccc(-c2nc3ccccc3[nH]2)cc1. The lowest BCUT2D eigenvalue weighted by Crippen LogP contribution is -2.19. The molecule has 1 aromatic heterocycles. The van der Waals surface area contributed by atoms with E-state index in [0.29, 0.717) is 11.7 Å². The van der Waals surface area contributed by atoms with E-state index in [1.165, 1.54) is 0 Å². The smallest absolute Gasteiger partial charge is 0.175 e. The van der Waals surface area contributed by atoms with Crippen LogP contribution in [0, 0.1) is 0 Å². The van der Waals surface area contributed by atoms with Crippen LogP contribution in [0.4, 0.5) is 11.4 Å². The van der Waals surface area contributed by atoms with Gasteiger partial charge in [0, 0.05) is 11.3 Å². The Bertz CT molecular complexity index is 1070. The third-order valence-corrected chi connectivity index (χ3v) is 4.44. The van der Waals surface area contributed by atoms with Gasteiger partial charge in [0.1, 0.15) is 11.6 Å². The van der Waals surface area contributed by atoms with Crippen molar-refractivity contribution in [3.63, 3.8) is 0 Å². The minimum absolute atomic E-state index is 0.503. The van der Waals surface area contributed by atoms with Crippen molar-refractivity contribution < 1.29 is 4.74 Å². The summed E-state index contributed by atoms with van der Waals surface area (Å²) in [4.78, 5) is 7.97. The Kier molecular flexibility index (Phi) is 5.21. The molecule has 4 rings (SSSR count). The Morgan fingerprint density at radius 3 is 2.50 bits per heavy atom. The van der Waals surface area contributed by atoms with Crippen molar-refractivity contribution in [2.24, 2.45) is 0 Å². The van der Waals surface area contributed by atoms with Crippen molar-refractivity contribution in [2.45, 2.75) is 6.92 Å². The van der Waals surface area contributed by atoms with Gasteiger partial charge in [-0.15, -0.1) is 0 Å². The molecular formula is C22H20N4OS. The molecule has 3 aromatic carbocycles. The molecule has 0 bridgehead atoms. The van der Waals surface area contributed by atoms with Crippen molar-refractivity contribution in [3.8, 4) is 17.1 Å². The molecule has 0 aliphatic carbocycles. The van der Waals surface area contributed by atoms with Crippen LogP contribution >= 0.6 is 12.2 Å². The van der Waals surface area contributed by atoms with Crippen molar-refractivity contribution in [3.05, 3.63) is 72.8 Å². The van der Waals surface area contributed by atoms with Gasteiger partial charge >= 0.3 is 0 Å². The Labute approximate surface area is 168 Å². The van der Waals surface area contributed by atoms with Crippen LogP contribution in [0.1, 0.15) is 6.92 Å². The van der Waals surface area contributed by atoms with Gasteiger partial charge in [-0.25, -0.2) is 4.98 Å². The molecular weight excluding hydrogens is 368 g/mol. The number of rotatable bonds is 5. The molecule has 0 spiro atoms. The first-order valence-electron chi connectivity index (χ1n) is 9.08. The van der Waals surface area contributed by atoms with E-state index in [4.69, 9.17) is 17.0 Å². The molecule has 0 fully saturated rings. The number of aromatic nitrogens is 2. The topological polar surface area (TPSA) is 62.0 Å². The van der Waals surface area contributed by atoms with Crippen LogP contribution < -0.4 is 15.4 Å². The van der Waals surface area contributed by atoms with Crippen LogP contribution in [0.2, 0.25) is 0 Å². The molecule has 5 nitrogen and oxygen atoms in total. The van der Waals surface area contributed by atoms with Gasteiger partial charge in [-0.3, -0.25) is 0 Å². The number of benzene rings is 3. The molecule has 0 aliphatic rings. The minimum Gasteiger partial charge on any atom is -0.492 e. The van der Waals surface area contributed by atoms with E-state index in [9.17, 15) is 0 Å². The summed E-state index contributed by atoms with van der Waals surface area (Å²) < 4.78 is 5.62. The number of hydrogen-bond donors (Lipinski definition) is 3. The number of nitrogens with one attached hydrogen (secondary N) is 3. The Balaban J connectivity index is 1.45. The van der Waals surface area contributed by atoms with Crippen molar-refractivity contribution in [1.29, 1.82) is 0 Å². The number of anilines is 2. The number of hydrogen-bond acceptors (Lipinski definition) is 3. The molecule has 0 atom stereocenters. The molecule has 3 N–H and O–H groups in total. The van der Waals surface area contributed by atoms with Crippen LogP contribution in [-0.4, -0.2) is 21.7 Å². The fourth-order valence-electron chi connectivity index (χ4n) is 2.94. The summed E-state index contributed by atoms with van der Waals surface area (Å²) in [7, 11) is 0.